The van der Waals surface area contributed by atoms with E-state index in [1.54, 1.807) is 58.2 Å². The maximum absolute atomic E-state index is 12.7. The molecule has 0 bridgehead atoms. The Morgan fingerprint density at radius 1 is 0.648 bits per heavy atom. The van der Waals surface area contributed by atoms with Gasteiger partial charge in [0, 0.05) is 40.7 Å². The Morgan fingerprint density at radius 2 is 1.00 bits per heavy atom. The average molecular weight is 753 g/mol. The van der Waals surface area contributed by atoms with E-state index in [2.05, 4.69) is 63.2 Å². The standard InChI is InChI=1S/C30H43N15O4.CH4N2.CH5N/c1-17(40-36-5)21-8-22(18(2)41-37-16-31)11-25(10-21)38-27(46)14-48-6-7-49-15-28(47)39-26-12-23(19(3)42-44-29(32)33)9-24(13-26)20(4)43-45-30(34)35;2-1-3;1-2/h8-13,16,36H,6-7,14-15H2,1-5H3,(H2,31,37)(H,38,46)(H,39,47)(H4,32,33,44)(H4,34,35,45);1H,(H3,2,3);2H2,1H3/b40-17+,41-18+,42-19+,43-20+;;. The van der Waals surface area contributed by atoms with Crippen LogP contribution >= 0.6 is 0 Å². The van der Waals surface area contributed by atoms with E-state index in [0.29, 0.717) is 50.9 Å². The van der Waals surface area contributed by atoms with E-state index >= 15 is 0 Å². The quantitative estimate of drug-likeness (QED) is 0.0404. The van der Waals surface area contributed by atoms with Crippen LogP contribution in [0.15, 0.2) is 72.1 Å². The second kappa shape index (κ2) is 26.9. The third kappa shape index (κ3) is 19.6. The van der Waals surface area contributed by atoms with Crippen LogP contribution in [0.5, 0.6) is 0 Å². The third-order valence-corrected chi connectivity index (χ3v) is 6.13. The second-order valence-electron chi connectivity index (χ2n) is 10.3. The molecule has 0 radical (unpaired) electrons. The SMILES string of the molecule is CN.CN/N=C(\C)c1cc(NC(=O)COCCOCC(=O)Nc2cc(/C(C)=N/N=C(N)N)cc(/C(C)=N/N=C(N)N)c2)cc(/C(C)=N/N=C\N)c1.N=CN. The summed E-state index contributed by atoms with van der Waals surface area (Å²) in [5, 5.41) is 38.7. The van der Waals surface area contributed by atoms with Crippen molar-refractivity contribution in [2.45, 2.75) is 27.7 Å². The summed E-state index contributed by atoms with van der Waals surface area (Å²) < 4.78 is 10.9. The van der Waals surface area contributed by atoms with Crippen molar-refractivity contribution in [3.63, 3.8) is 0 Å². The van der Waals surface area contributed by atoms with Gasteiger partial charge in [0.15, 0.2) is 0 Å². The number of hydrazone groups is 1. The fraction of sp³-hybridized carbons (Fsp3) is 0.312. The molecule has 0 fully saturated rings. The number of anilines is 2. The lowest BCUT2D eigenvalue weighted by atomic mass is 10.0. The monoisotopic (exact) mass is 752 g/mol. The molecule has 2 aromatic carbocycles. The van der Waals surface area contributed by atoms with Crippen LogP contribution in [0.1, 0.15) is 49.9 Å². The van der Waals surface area contributed by atoms with Gasteiger partial charge in [-0.15, -0.1) is 15.3 Å². The number of nitrogens with two attached hydrogens (primary N) is 7. The Bertz CT molecular complexity index is 1690. The first-order valence-corrected chi connectivity index (χ1v) is 15.8. The largest absolute Gasteiger partial charge is 0.390 e. The lowest BCUT2D eigenvalue weighted by Gasteiger charge is -2.12. The molecule has 0 aliphatic rings. The summed E-state index contributed by atoms with van der Waals surface area (Å²) in [6.45, 7) is 6.54. The molecular formula is C32H52N18O4. The van der Waals surface area contributed by atoms with Gasteiger partial charge in [-0.2, -0.15) is 20.4 Å². The van der Waals surface area contributed by atoms with Gasteiger partial charge in [-0.1, -0.05) is 0 Å². The summed E-state index contributed by atoms with van der Waals surface area (Å²) in [5.41, 5.74) is 44.2. The molecule has 0 unspecified atom stereocenters. The van der Waals surface area contributed by atoms with Gasteiger partial charge in [-0.25, -0.2) is 0 Å². The number of guanidine groups is 2. The molecule has 18 N–H and O–H groups in total. The third-order valence-electron chi connectivity index (χ3n) is 6.13. The van der Waals surface area contributed by atoms with Crippen molar-refractivity contribution in [1.29, 1.82) is 5.41 Å². The molecule has 0 heterocycles. The first kappa shape index (κ1) is 47.2. The summed E-state index contributed by atoms with van der Waals surface area (Å²) >= 11 is 0. The summed E-state index contributed by atoms with van der Waals surface area (Å²) in [6.07, 6.45) is 1.83. The van der Waals surface area contributed by atoms with Crippen LogP contribution in [0.2, 0.25) is 0 Å². The van der Waals surface area contributed by atoms with Gasteiger partial charge < -0.3 is 65.7 Å². The normalized spacial score (nSPS) is 11.6. The Morgan fingerprint density at radius 3 is 1.33 bits per heavy atom. The highest BCUT2D eigenvalue weighted by Crippen LogP contribution is 2.19. The molecule has 0 aliphatic carbocycles. The van der Waals surface area contributed by atoms with Crippen molar-refractivity contribution in [2.75, 3.05) is 51.2 Å². The zero-order chi connectivity index (χ0) is 41.1. The van der Waals surface area contributed by atoms with E-state index in [4.69, 9.17) is 43.6 Å². The van der Waals surface area contributed by atoms with Crippen molar-refractivity contribution in [3.8, 4) is 0 Å². The topological polar surface area (TPSA) is 381 Å². The number of ether oxygens (including phenoxy) is 2. The molecule has 294 valence electrons. The van der Waals surface area contributed by atoms with Crippen LogP contribution in [-0.4, -0.2) is 99.8 Å². The molecular weight excluding hydrogens is 700 g/mol. The predicted molar refractivity (Wildman–Crippen MR) is 217 cm³/mol. The van der Waals surface area contributed by atoms with E-state index in [0.717, 1.165) is 18.2 Å². The number of nitrogens with zero attached hydrogens (tertiary/aromatic N) is 7. The zero-order valence-electron chi connectivity index (χ0n) is 31.3. The summed E-state index contributed by atoms with van der Waals surface area (Å²) in [7, 11) is 3.19. The number of carbonyl (C=O) groups excluding carboxylic acids is 2. The molecule has 0 atom stereocenters. The van der Waals surface area contributed by atoms with E-state index < -0.39 is 11.8 Å². The van der Waals surface area contributed by atoms with Gasteiger partial charge >= 0.3 is 0 Å². The first-order valence-electron chi connectivity index (χ1n) is 15.8. The van der Waals surface area contributed by atoms with Crippen molar-refractivity contribution >= 4 is 70.6 Å². The van der Waals surface area contributed by atoms with E-state index in [-0.39, 0.29) is 38.3 Å². The van der Waals surface area contributed by atoms with E-state index in [9.17, 15) is 9.59 Å². The van der Waals surface area contributed by atoms with Gasteiger partial charge in [0.05, 0.1) is 42.4 Å². The highest BCUT2D eigenvalue weighted by atomic mass is 16.5. The minimum Gasteiger partial charge on any atom is -0.390 e. The smallest absolute Gasteiger partial charge is 0.250 e. The number of rotatable bonds is 17. The minimum atomic E-state index is -0.442. The number of benzene rings is 2. The minimum absolute atomic E-state index is 0.0528. The van der Waals surface area contributed by atoms with E-state index in [1.165, 1.54) is 7.05 Å². The Balaban J connectivity index is 0.00000533. The molecule has 54 heavy (non-hydrogen) atoms. The van der Waals surface area contributed by atoms with Crippen LogP contribution in [0.4, 0.5) is 11.4 Å². The van der Waals surface area contributed by atoms with Gasteiger partial charge in [-0.3, -0.25) is 15.0 Å². The average Bonchev–Trinajstić information content (AvgIpc) is 3.14. The number of nitrogens with one attached hydrogen (secondary N) is 4. The zero-order valence-corrected chi connectivity index (χ0v) is 31.3. The number of amides is 2. The van der Waals surface area contributed by atoms with Crippen LogP contribution in [0.3, 0.4) is 0 Å². The van der Waals surface area contributed by atoms with Crippen LogP contribution < -0.4 is 56.2 Å². The molecule has 22 heteroatoms. The maximum atomic E-state index is 12.7. The predicted octanol–water partition coefficient (Wildman–Crippen LogP) is -0.927. The fourth-order valence-electron chi connectivity index (χ4n) is 3.87. The fourth-order valence-corrected chi connectivity index (χ4v) is 3.87. The summed E-state index contributed by atoms with van der Waals surface area (Å²) in [4.78, 5) is 25.3. The number of hydrogen-bond acceptors (Lipinski definition) is 14. The van der Waals surface area contributed by atoms with Crippen LogP contribution in [-0.2, 0) is 19.1 Å². The van der Waals surface area contributed by atoms with Crippen LogP contribution in [0, 0.1) is 5.41 Å². The molecule has 0 saturated carbocycles. The van der Waals surface area contributed by atoms with E-state index in [1.807, 2.05) is 13.0 Å². The molecule has 2 amide bonds. The Hall–Kier alpha value is -6.78. The highest BCUT2D eigenvalue weighted by molar-refractivity contribution is 6.07. The van der Waals surface area contributed by atoms with Gasteiger partial charge in [-0.05, 0) is 71.1 Å². The van der Waals surface area contributed by atoms with Gasteiger partial charge in [0.1, 0.15) is 19.6 Å². The van der Waals surface area contributed by atoms with Crippen molar-refractivity contribution in [3.05, 3.63) is 58.7 Å². The molecule has 0 saturated heterocycles. The van der Waals surface area contributed by atoms with Crippen molar-refractivity contribution < 1.29 is 19.1 Å². The molecule has 0 aromatic heterocycles. The van der Waals surface area contributed by atoms with Crippen LogP contribution in [0.25, 0.3) is 0 Å². The lowest BCUT2D eigenvalue weighted by molar-refractivity contribution is -0.124. The maximum Gasteiger partial charge on any atom is 0.250 e. The molecule has 0 aliphatic heterocycles. The molecule has 2 rings (SSSR count). The summed E-state index contributed by atoms with van der Waals surface area (Å²) in [6, 6.07) is 10.5. The number of carbonyl (C=O) groups is 2. The Labute approximate surface area is 313 Å². The summed E-state index contributed by atoms with van der Waals surface area (Å²) in [5.74, 6) is -1.26. The van der Waals surface area contributed by atoms with Crippen molar-refractivity contribution in [2.24, 2.45) is 75.8 Å². The highest BCUT2D eigenvalue weighted by Gasteiger charge is 2.12. The molecule has 0 spiro atoms. The molecule has 22 nitrogen and oxygen atoms in total. The van der Waals surface area contributed by atoms with Gasteiger partial charge in [0.25, 0.3) is 0 Å². The second-order valence-corrected chi connectivity index (χ2v) is 10.3. The van der Waals surface area contributed by atoms with Gasteiger partial charge in [0.2, 0.25) is 23.7 Å². The first-order chi connectivity index (χ1) is 25.7. The molecule has 2 aromatic rings. The van der Waals surface area contributed by atoms with Crippen molar-refractivity contribution in [1.82, 2.24) is 5.43 Å². The number of hydrogen-bond donors (Lipinski definition) is 11. The lowest BCUT2D eigenvalue weighted by Crippen LogP contribution is -2.22. The Kier molecular flexibility index (Phi) is 23.6.